The van der Waals surface area contributed by atoms with Crippen molar-refractivity contribution in [3.63, 3.8) is 0 Å². The first kappa shape index (κ1) is 13.3. The Morgan fingerprint density at radius 2 is 1.82 bits per heavy atom. The monoisotopic (exact) mass is 239 g/mol. The zero-order chi connectivity index (χ0) is 12.1. The van der Waals surface area contributed by atoms with Crippen LogP contribution in [0.5, 0.6) is 0 Å². The number of nitrogens with zero attached hydrogens (tertiary/aromatic N) is 2. The average molecular weight is 239 g/mol. The zero-order valence-corrected chi connectivity index (χ0v) is 11.6. The van der Waals surface area contributed by atoms with E-state index >= 15 is 0 Å². The Bertz CT molecular complexity index is 210. The molecule has 2 rings (SSSR count). The second-order valence-corrected chi connectivity index (χ2v) is 5.85. The fraction of sp³-hybridized carbons (Fsp3) is 1.00. The Morgan fingerprint density at radius 1 is 0.941 bits per heavy atom. The lowest BCUT2D eigenvalue weighted by molar-refractivity contribution is 0.181. The third-order valence-corrected chi connectivity index (χ3v) is 4.35. The molecule has 0 aliphatic carbocycles. The molecule has 3 heteroatoms. The molecule has 0 radical (unpaired) electrons. The van der Waals surface area contributed by atoms with Crippen molar-refractivity contribution >= 4 is 0 Å². The molecule has 17 heavy (non-hydrogen) atoms. The molecule has 2 aliphatic heterocycles. The zero-order valence-electron chi connectivity index (χ0n) is 11.6. The Kier molecular flexibility index (Phi) is 5.26. The molecule has 1 atom stereocenters. The molecule has 100 valence electrons. The quantitative estimate of drug-likeness (QED) is 0.789. The molecule has 0 spiro atoms. The van der Waals surface area contributed by atoms with Gasteiger partial charge in [-0.15, -0.1) is 0 Å². The first-order valence-corrected chi connectivity index (χ1v) is 7.46. The summed E-state index contributed by atoms with van der Waals surface area (Å²) in [5.74, 6) is 0. The molecule has 2 heterocycles. The van der Waals surface area contributed by atoms with E-state index in [0.29, 0.717) is 0 Å². The van der Waals surface area contributed by atoms with Gasteiger partial charge in [0.2, 0.25) is 0 Å². The molecule has 2 saturated heterocycles. The van der Waals surface area contributed by atoms with Crippen LogP contribution in [0.4, 0.5) is 0 Å². The SMILES string of the molecule is CC(C)N1CCCC(N2CCCNCC2)CC1. The summed E-state index contributed by atoms with van der Waals surface area (Å²) in [6, 6.07) is 1.57. The Labute approximate surface area is 107 Å². The molecule has 1 N–H and O–H groups in total. The standard InChI is InChI=1S/C14H29N3/c1-13(2)16-9-3-5-14(6-11-16)17-10-4-7-15-8-12-17/h13-15H,3-12H2,1-2H3. The molecule has 2 aliphatic rings. The molecule has 0 bridgehead atoms. The van der Waals surface area contributed by atoms with Crippen molar-refractivity contribution in [3.05, 3.63) is 0 Å². The van der Waals surface area contributed by atoms with Gasteiger partial charge in [0, 0.05) is 25.2 Å². The van der Waals surface area contributed by atoms with Crippen LogP contribution in [-0.2, 0) is 0 Å². The van der Waals surface area contributed by atoms with Crippen molar-refractivity contribution in [2.24, 2.45) is 0 Å². The van der Waals surface area contributed by atoms with Gasteiger partial charge in [0.1, 0.15) is 0 Å². The van der Waals surface area contributed by atoms with Gasteiger partial charge in [-0.3, -0.25) is 4.90 Å². The maximum atomic E-state index is 3.51. The number of hydrogen-bond acceptors (Lipinski definition) is 3. The van der Waals surface area contributed by atoms with E-state index in [1.165, 1.54) is 65.0 Å². The number of nitrogens with one attached hydrogen (secondary N) is 1. The summed E-state index contributed by atoms with van der Waals surface area (Å²) in [5.41, 5.74) is 0. The first-order valence-electron chi connectivity index (χ1n) is 7.46. The smallest absolute Gasteiger partial charge is 0.0110 e. The van der Waals surface area contributed by atoms with Crippen LogP contribution < -0.4 is 5.32 Å². The van der Waals surface area contributed by atoms with Crippen LogP contribution in [0.1, 0.15) is 39.5 Å². The Hall–Kier alpha value is -0.120. The van der Waals surface area contributed by atoms with E-state index in [2.05, 4.69) is 29.0 Å². The maximum absolute atomic E-state index is 3.51. The lowest BCUT2D eigenvalue weighted by Gasteiger charge is -2.30. The van der Waals surface area contributed by atoms with Crippen molar-refractivity contribution in [1.29, 1.82) is 0 Å². The number of likely N-dealkylation sites (tertiary alicyclic amines) is 1. The predicted molar refractivity (Wildman–Crippen MR) is 73.4 cm³/mol. The summed E-state index contributed by atoms with van der Waals surface area (Å²) in [6.07, 6.45) is 5.48. The summed E-state index contributed by atoms with van der Waals surface area (Å²) in [5, 5.41) is 3.51. The topological polar surface area (TPSA) is 18.5 Å². The summed E-state index contributed by atoms with van der Waals surface area (Å²) in [7, 11) is 0. The lowest BCUT2D eigenvalue weighted by atomic mass is 10.1. The van der Waals surface area contributed by atoms with Crippen molar-refractivity contribution in [3.8, 4) is 0 Å². The number of hydrogen-bond donors (Lipinski definition) is 1. The molecule has 0 aromatic carbocycles. The normalized spacial score (nSPS) is 30.2. The minimum absolute atomic E-state index is 0.722. The van der Waals surface area contributed by atoms with Crippen molar-refractivity contribution in [2.45, 2.75) is 51.6 Å². The van der Waals surface area contributed by atoms with Crippen molar-refractivity contribution in [1.82, 2.24) is 15.1 Å². The van der Waals surface area contributed by atoms with E-state index in [4.69, 9.17) is 0 Å². The molecule has 2 fully saturated rings. The minimum atomic E-state index is 0.722. The van der Waals surface area contributed by atoms with Crippen LogP contribution in [0.3, 0.4) is 0 Å². The summed E-state index contributed by atoms with van der Waals surface area (Å²) >= 11 is 0. The van der Waals surface area contributed by atoms with Crippen molar-refractivity contribution < 1.29 is 0 Å². The summed E-state index contributed by atoms with van der Waals surface area (Å²) in [4.78, 5) is 5.39. The van der Waals surface area contributed by atoms with Gasteiger partial charge in [-0.05, 0) is 65.7 Å². The van der Waals surface area contributed by atoms with E-state index in [9.17, 15) is 0 Å². The van der Waals surface area contributed by atoms with Crippen LogP contribution in [0, 0.1) is 0 Å². The third kappa shape index (κ3) is 3.94. The second-order valence-electron chi connectivity index (χ2n) is 5.85. The van der Waals surface area contributed by atoms with Crippen LogP contribution in [-0.4, -0.2) is 61.2 Å². The van der Waals surface area contributed by atoms with Crippen LogP contribution in [0.25, 0.3) is 0 Å². The van der Waals surface area contributed by atoms with Crippen LogP contribution in [0.2, 0.25) is 0 Å². The first-order chi connectivity index (χ1) is 8.27. The fourth-order valence-electron chi connectivity index (χ4n) is 3.21. The van der Waals surface area contributed by atoms with E-state index in [0.717, 1.165) is 12.1 Å². The van der Waals surface area contributed by atoms with Gasteiger partial charge in [0.15, 0.2) is 0 Å². The average Bonchev–Trinajstić information content (AvgIpc) is 2.71. The Morgan fingerprint density at radius 3 is 2.65 bits per heavy atom. The van der Waals surface area contributed by atoms with Gasteiger partial charge in [-0.2, -0.15) is 0 Å². The Balaban J connectivity index is 1.84. The third-order valence-electron chi connectivity index (χ3n) is 4.35. The maximum Gasteiger partial charge on any atom is 0.0110 e. The van der Waals surface area contributed by atoms with Crippen LogP contribution in [0.15, 0.2) is 0 Å². The van der Waals surface area contributed by atoms with Gasteiger partial charge in [-0.1, -0.05) is 0 Å². The van der Waals surface area contributed by atoms with E-state index in [1.807, 2.05) is 0 Å². The fourth-order valence-corrected chi connectivity index (χ4v) is 3.21. The number of rotatable bonds is 2. The van der Waals surface area contributed by atoms with E-state index < -0.39 is 0 Å². The molecule has 0 aromatic heterocycles. The summed E-state index contributed by atoms with van der Waals surface area (Å²) < 4.78 is 0. The van der Waals surface area contributed by atoms with Gasteiger partial charge in [-0.25, -0.2) is 0 Å². The van der Waals surface area contributed by atoms with Gasteiger partial charge < -0.3 is 10.2 Å². The molecule has 0 amide bonds. The second kappa shape index (κ2) is 6.72. The predicted octanol–water partition coefficient (Wildman–Crippen LogP) is 1.54. The summed E-state index contributed by atoms with van der Waals surface area (Å²) in [6.45, 7) is 12.2. The van der Waals surface area contributed by atoms with E-state index in [-0.39, 0.29) is 0 Å². The molecule has 0 aromatic rings. The van der Waals surface area contributed by atoms with Gasteiger partial charge in [0.25, 0.3) is 0 Å². The molecular formula is C14H29N3. The van der Waals surface area contributed by atoms with Gasteiger partial charge >= 0.3 is 0 Å². The molecule has 1 unspecified atom stereocenters. The molecule has 3 nitrogen and oxygen atoms in total. The highest BCUT2D eigenvalue weighted by atomic mass is 15.2. The highest BCUT2D eigenvalue weighted by Crippen LogP contribution is 2.18. The molecule has 0 saturated carbocycles. The van der Waals surface area contributed by atoms with Crippen LogP contribution >= 0.6 is 0 Å². The van der Waals surface area contributed by atoms with E-state index in [1.54, 1.807) is 0 Å². The van der Waals surface area contributed by atoms with Gasteiger partial charge in [0.05, 0.1) is 0 Å². The highest BCUT2D eigenvalue weighted by molar-refractivity contribution is 4.80. The minimum Gasteiger partial charge on any atom is -0.315 e. The highest BCUT2D eigenvalue weighted by Gasteiger charge is 2.23. The molecular weight excluding hydrogens is 210 g/mol. The lowest BCUT2D eigenvalue weighted by Crippen LogP contribution is -2.39. The van der Waals surface area contributed by atoms with Crippen molar-refractivity contribution in [2.75, 3.05) is 39.3 Å². The largest absolute Gasteiger partial charge is 0.315 e.